The monoisotopic (exact) mass is 762 g/mol. The number of benzene rings is 8. The summed E-state index contributed by atoms with van der Waals surface area (Å²) in [5, 5.41) is 7.54. The fourth-order valence-electron chi connectivity index (χ4n) is 8.47. The molecular formula is C51H30N4S2. The predicted molar refractivity (Wildman–Crippen MR) is 242 cm³/mol. The van der Waals surface area contributed by atoms with Crippen LogP contribution in [0.3, 0.4) is 0 Å². The third-order valence-corrected chi connectivity index (χ3v) is 13.4. The number of para-hydroxylation sites is 1. The maximum Gasteiger partial charge on any atom is 0.164 e. The number of fused-ring (bicyclic) bond motifs is 9. The zero-order valence-corrected chi connectivity index (χ0v) is 32.1. The van der Waals surface area contributed by atoms with Gasteiger partial charge in [-0.05, 0) is 48.0 Å². The summed E-state index contributed by atoms with van der Waals surface area (Å²) in [4.78, 5) is 15.2. The molecule has 57 heavy (non-hydrogen) atoms. The molecule has 0 fully saturated rings. The highest BCUT2D eigenvalue weighted by Crippen LogP contribution is 2.47. The Morgan fingerprint density at radius 1 is 0.351 bits per heavy atom. The molecule has 4 nitrogen and oxygen atoms in total. The van der Waals surface area contributed by atoms with E-state index < -0.39 is 0 Å². The van der Waals surface area contributed by atoms with E-state index in [-0.39, 0.29) is 0 Å². The summed E-state index contributed by atoms with van der Waals surface area (Å²) in [5.41, 5.74) is 8.71. The van der Waals surface area contributed by atoms with Gasteiger partial charge in [-0.1, -0.05) is 140 Å². The molecule has 0 bridgehead atoms. The van der Waals surface area contributed by atoms with Crippen LogP contribution in [0.25, 0.3) is 113 Å². The fraction of sp³-hybridized carbons (Fsp3) is 0. The van der Waals surface area contributed by atoms with Gasteiger partial charge in [0.2, 0.25) is 0 Å². The molecule has 12 rings (SSSR count). The highest BCUT2D eigenvalue weighted by Gasteiger charge is 2.21. The Bertz CT molecular complexity index is 3470. The van der Waals surface area contributed by atoms with Crippen molar-refractivity contribution < 1.29 is 0 Å². The molecule has 0 aliphatic carbocycles. The second kappa shape index (κ2) is 12.8. The molecule has 12 aromatic rings. The summed E-state index contributed by atoms with van der Waals surface area (Å²) in [6.45, 7) is 0. The van der Waals surface area contributed by atoms with E-state index in [0.29, 0.717) is 17.5 Å². The quantitative estimate of drug-likeness (QED) is 0.175. The maximum atomic E-state index is 5.10. The molecule has 0 N–H and O–H groups in total. The minimum absolute atomic E-state index is 0.636. The summed E-state index contributed by atoms with van der Waals surface area (Å²) in [5.74, 6) is 1.93. The Balaban J connectivity index is 1.14. The average Bonchev–Trinajstić information content (AvgIpc) is 3.96. The van der Waals surface area contributed by atoms with Crippen LogP contribution in [0, 0.1) is 0 Å². The molecule has 0 atom stereocenters. The maximum absolute atomic E-state index is 5.10. The van der Waals surface area contributed by atoms with Crippen LogP contribution in [0.5, 0.6) is 0 Å². The smallest absolute Gasteiger partial charge is 0.164 e. The van der Waals surface area contributed by atoms with Crippen LogP contribution in [-0.4, -0.2) is 19.5 Å². The minimum Gasteiger partial charge on any atom is -0.309 e. The summed E-state index contributed by atoms with van der Waals surface area (Å²) >= 11 is 3.75. The van der Waals surface area contributed by atoms with Crippen molar-refractivity contribution in [2.75, 3.05) is 0 Å². The van der Waals surface area contributed by atoms with Crippen molar-refractivity contribution >= 4 is 84.8 Å². The molecule has 0 aliphatic rings. The van der Waals surface area contributed by atoms with E-state index in [9.17, 15) is 0 Å². The second-order valence-electron chi connectivity index (χ2n) is 14.4. The van der Waals surface area contributed by atoms with Gasteiger partial charge in [0.15, 0.2) is 17.5 Å². The van der Waals surface area contributed by atoms with Crippen molar-refractivity contribution in [3.05, 3.63) is 182 Å². The largest absolute Gasteiger partial charge is 0.309 e. The number of nitrogens with zero attached hydrogens (tertiary/aromatic N) is 4. The lowest BCUT2D eigenvalue weighted by atomic mass is 9.97. The molecular weight excluding hydrogens is 733 g/mol. The molecule has 0 aliphatic heterocycles. The van der Waals surface area contributed by atoms with E-state index in [1.807, 2.05) is 59.1 Å². The van der Waals surface area contributed by atoms with E-state index in [1.54, 1.807) is 0 Å². The number of thiophene rings is 2. The van der Waals surface area contributed by atoms with Crippen LogP contribution < -0.4 is 0 Å². The number of aromatic nitrogens is 4. The van der Waals surface area contributed by atoms with Gasteiger partial charge in [0.1, 0.15) is 0 Å². The standard InChI is InChI=1S/C51H30N4S2/c1-3-14-31(15-4-1)49-52-50(32-16-5-2-6-17-32)54-51(53-49)33-26-27-36-35-18-7-10-22-42(35)55(43(36)28-33)34-29-40-37-19-8-11-23-44(37)57-48(40)41(30-34)38-21-13-25-46-47(38)39-20-9-12-24-45(39)56-46/h1-30H. The van der Waals surface area contributed by atoms with E-state index >= 15 is 0 Å². The Morgan fingerprint density at radius 3 is 1.67 bits per heavy atom. The molecule has 0 saturated carbocycles. The summed E-state index contributed by atoms with van der Waals surface area (Å²) in [6.07, 6.45) is 0. The van der Waals surface area contributed by atoms with E-state index in [2.05, 4.69) is 150 Å². The number of hydrogen-bond donors (Lipinski definition) is 0. The van der Waals surface area contributed by atoms with Crippen molar-refractivity contribution in [1.82, 2.24) is 19.5 Å². The van der Waals surface area contributed by atoms with Gasteiger partial charge in [-0.25, -0.2) is 15.0 Å². The molecule has 4 aromatic heterocycles. The minimum atomic E-state index is 0.636. The van der Waals surface area contributed by atoms with Crippen molar-refractivity contribution in [2.24, 2.45) is 0 Å². The lowest BCUT2D eigenvalue weighted by molar-refractivity contribution is 1.07. The van der Waals surface area contributed by atoms with Crippen molar-refractivity contribution in [3.8, 4) is 51.0 Å². The lowest BCUT2D eigenvalue weighted by Gasteiger charge is -2.14. The highest BCUT2D eigenvalue weighted by atomic mass is 32.1. The van der Waals surface area contributed by atoms with Gasteiger partial charge >= 0.3 is 0 Å². The van der Waals surface area contributed by atoms with Crippen LogP contribution >= 0.6 is 22.7 Å². The molecule has 0 saturated heterocycles. The van der Waals surface area contributed by atoms with E-state index in [1.165, 1.54) is 62.2 Å². The Kier molecular flexibility index (Phi) is 7.24. The van der Waals surface area contributed by atoms with Gasteiger partial charge in [-0.3, -0.25) is 0 Å². The third-order valence-electron chi connectivity index (χ3n) is 11.0. The zero-order chi connectivity index (χ0) is 37.5. The van der Waals surface area contributed by atoms with Gasteiger partial charge in [0, 0.05) is 79.1 Å². The van der Waals surface area contributed by atoms with Crippen molar-refractivity contribution in [2.45, 2.75) is 0 Å². The predicted octanol–water partition coefficient (Wildman–Crippen LogP) is 14.4. The third kappa shape index (κ3) is 5.15. The fourth-order valence-corrected chi connectivity index (χ4v) is 10.8. The van der Waals surface area contributed by atoms with Gasteiger partial charge in [-0.15, -0.1) is 22.7 Å². The van der Waals surface area contributed by atoms with Crippen LogP contribution in [0.2, 0.25) is 0 Å². The van der Waals surface area contributed by atoms with E-state index in [4.69, 9.17) is 15.0 Å². The molecule has 266 valence electrons. The van der Waals surface area contributed by atoms with Crippen LogP contribution in [0.15, 0.2) is 182 Å². The molecule has 8 aromatic carbocycles. The van der Waals surface area contributed by atoms with Crippen LogP contribution in [0.4, 0.5) is 0 Å². The Morgan fingerprint density at radius 2 is 0.930 bits per heavy atom. The summed E-state index contributed by atoms with van der Waals surface area (Å²) in [6, 6.07) is 64.9. The molecule has 0 unspecified atom stereocenters. The first-order valence-corrected chi connectivity index (χ1v) is 20.7. The van der Waals surface area contributed by atoms with Crippen molar-refractivity contribution in [1.29, 1.82) is 0 Å². The van der Waals surface area contributed by atoms with Gasteiger partial charge < -0.3 is 4.57 Å². The first-order chi connectivity index (χ1) is 28.2. The second-order valence-corrected chi connectivity index (χ2v) is 16.5. The van der Waals surface area contributed by atoms with Crippen molar-refractivity contribution in [3.63, 3.8) is 0 Å². The van der Waals surface area contributed by atoms with Crippen LogP contribution in [0.1, 0.15) is 0 Å². The van der Waals surface area contributed by atoms with E-state index in [0.717, 1.165) is 33.4 Å². The summed E-state index contributed by atoms with van der Waals surface area (Å²) < 4.78 is 7.64. The van der Waals surface area contributed by atoms with Gasteiger partial charge in [-0.2, -0.15) is 0 Å². The molecule has 0 spiro atoms. The molecule has 6 heteroatoms. The van der Waals surface area contributed by atoms with Crippen LogP contribution in [-0.2, 0) is 0 Å². The number of hydrogen-bond acceptors (Lipinski definition) is 5. The molecule has 0 amide bonds. The van der Waals surface area contributed by atoms with Gasteiger partial charge in [0.25, 0.3) is 0 Å². The normalized spacial score (nSPS) is 11.9. The highest BCUT2D eigenvalue weighted by molar-refractivity contribution is 7.26. The lowest BCUT2D eigenvalue weighted by Crippen LogP contribution is -2.00. The SMILES string of the molecule is c1ccc(-c2nc(-c3ccccc3)nc(-c3ccc4c5ccccc5n(-c5cc(-c6cccc7sc8ccccc8c67)c6sc7ccccc7c6c5)c4c3)n2)cc1. The first-order valence-electron chi connectivity index (χ1n) is 19.0. The average molecular weight is 763 g/mol. The molecule has 4 heterocycles. The Labute approximate surface area is 335 Å². The van der Waals surface area contributed by atoms with Gasteiger partial charge in [0.05, 0.1) is 11.0 Å². The molecule has 0 radical (unpaired) electrons. The first kappa shape index (κ1) is 32.3. The Hall–Kier alpha value is -6.99. The topological polar surface area (TPSA) is 43.6 Å². The summed E-state index contributed by atoms with van der Waals surface area (Å²) in [7, 11) is 0. The number of rotatable bonds is 5. The zero-order valence-electron chi connectivity index (χ0n) is 30.4.